The number of hydrogen-bond donors (Lipinski definition) is 1. The molecule has 2 aromatic carbocycles. The summed E-state index contributed by atoms with van der Waals surface area (Å²) in [5.41, 5.74) is 8.42. The van der Waals surface area contributed by atoms with Gasteiger partial charge in [-0.3, -0.25) is 0 Å². The van der Waals surface area contributed by atoms with Gasteiger partial charge in [-0.2, -0.15) is 0 Å². The van der Waals surface area contributed by atoms with Crippen LogP contribution >= 0.6 is 0 Å². The average Bonchev–Trinajstić information content (AvgIpc) is 3.01. The maximum atomic E-state index is 6.15. The van der Waals surface area contributed by atoms with Crippen LogP contribution in [0.4, 0.5) is 0 Å². The van der Waals surface area contributed by atoms with Crippen LogP contribution in [0.1, 0.15) is 23.0 Å². The minimum atomic E-state index is -0.230. The van der Waals surface area contributed by atoms with E-state index in [1.807, 2.05) is 54.6 Å². The molecule has 6 heteroatoms. The van der Waals surface area contributed by atoms with Gasteiger partial charge in [-0.1, -0.05) is 42.5 Å². The molecule has 0 aliphatic carbocycles. The van der Waals surface area contributed by atoms with Crippen LogP contribution < -0.4 is 10.5 Å². The Kier molecular flexibility index (Phi) is 4.63. The molecule has 3 rings (SSSR count). The summed E-state index contributed by atoms with van der Waals surface area (Å²) in [5.74, 6) is 1.51. The molecule has 0 saturated carbocycles. The smallest absolute Gasteiger partial charge is 0.168 e. The van der Waals surface area contributed by atoms with Crippen molar-refractivity contribution in [3.8, 4) is 5.75 Å². The van der Waals surface area contributed by atoms with E-state index in [9.17, 15) is 0 Å². The van der Waals surface area contributed by atoms with E-state index >= 15 is 0 Å². The monoisotopic (exact) mass is 309 g/mol. The predicted molar refractivity (Wildman–Crippen MR) is 86.6 cm³/mol. The number of benzene rings is 2. The molecule has 118 valence electrons. The van der Waals surface area contributed by atoms with Gasteiger partial charge in [0, 0.05) is 7.05 Å². The first kappa shape index (κ1) is 15.2. The van der Waals surface area contributed by atoms with Crippen molar-refractivity contribution < 1.29 is 4.74 Å². The van der Waals surface area contributed by atoms with Crippen LogP contribution in [0.2, 0.25) is 0 Å². The van der Waals surface area contributed by atoms with Crippen LogP contribution in [0.3, 0.4) is 0 Å². The molecule has 0 saturated heterocycles. The van der Waals surface area contributed by atoms with Crippen molar-refractivity contribution in [1.29, 1.82) is 0 Å². The molecule has 0 spiro atoms. The van der Waals surface area contributed by atoms with Gasteiger partial charge in [0.2, 0.25) is 0 Å². The van der Waals surface area contributed by atoms with E-state index in [1.54, 1.807) is 11.7 Å². The quantitative estimate of drug-likeness (QED) is 0.753. The Morgan fingerprint density at radius 2 is 1.78 bits per heavy atom. The third kappa shape index (κ3) is 3.92. The van der Waals surface area contributed by atoms with Crippen molar-refractivity contribution in [3.05, 3.63) is 71.5 Å². The largest absolute Gasteiger partial charge is 0.489 e. The van der Waals surface area contributed by atoms with Crippen molar-refractivity contribution in [2.45, 2.75) is 19.1 Å². The van der Waals surface area contributed by atoms with Gasteiger partial charge in [-0.05, 0) is 40.1 Å². The molecule has 0 aliphatic rings. The Balaban J connectivity index is 1.58. The van der Waals surface area contributed by atoms with Crippen LogP contribution in [0.25, 0.3) is 0 Å². The molecule has 3 aromatic rings. The fraction of sp³-hybridized carbons (Fsp3) is 0.235. The number of aryl methyl sites for hydroxylation is 1. The highest BCUT2D eigenvalue weighted by Crippen LogP contribution is 2.18. The van der Waals surface area contributed by atoms with Gasteiger partial charge in [0.1, 0.15) is 12.4 Å². The Morgan fingerprint density at radius 3 is 2.43 bits per heavy atom. The molecule has 0 radical (unpaired) electrons. The molecule has 0 aliphatic heterocycles. The molecule has 0 bridgehead atoms. The molecule has 0 fully saturated rings. The van der Waals surface area contributed by atoms with Crippen molar-refractivity contribution in [2.75, 3.05) is 0 Å². The van der Waals surface area contributed by atoms with Gasteiger partial charge < -0.3 is 10.5 Å². The third-order valence-corrected chi connectivity index (χ3v) is 3.61. The van der Waals surface area contributed by atoms with Crippen molar-refractivity contribution in [2.24, 2.45) is 12.8 Å². The van der Waals surface area contributed by atoms with E-state index in [1.165, 1.54) is 0 Å². The second-order valence-corrected chi connectivity index (χ2v) is 5.39. The zero-order chi connectivity index (χ0) is 16.1. The minimum Gasteiger partial charge on any atom is -0.489 e. The molecule has 6 nitrogen and oxygen atoms in total. The normalized spacial score (nSPS) is 12.1. The lowest BCUT2D eigenvalue weighted by Crippen LogP contribution is -2.18. The van der Waals surface area contributed by atoms with Crippen LogP contribution in [0, 0.1) is 0 Å². The summed E-state index contributed by atoms with van der Waals surface area (Å²) in [7, 11) is 1.79. The van der Waals surface area contributed by atoms with E-state index in [0.29, 0.717) is 18.9 Å². The lowest BCUT2D eigenvalue weighted by Gasteiger charge is -2.11. The van der Waals surface area contributed by atoms with Gasteiger partial charge in [0.05, 0.1) is 6.04 Å². The highest BCUT2D eigenvalue weighted by Gasteiger charge is 2.13. The zero-order valence-corrected chi connectivity index (χ0v) is 13.0. The van der Waals surface area contributed by atoms with Crippen molar-refractivity contribution >= 4 is 0 Å². The van der Waals surface area contributed by atoms with Crippen LogP contribution in [-0.4, -0.2) is 20.2 Å². The second kappa shape index (κ2) is 7.02. The lowest BCUT2D eigenvalue weighted by molar-refractivity contribution is 0.306. The van der Waals surface area contributed by atoms with Gasteiger partial charge in [0.25, 0.3) is 0 Å². The highest BCUT2D eigenvalue weighted by molar-refractivity contribution is 5.28. The number of ether oxygens (including phenoxy) is 1. The zero-order valence-electron chi connectivity index (χ0n) is 13.0. The number of tetrazole rings is 1. The maximum Gasteiger partial charge on any atom is 0.168 e. The first-order valence-electron chi connectivity index (χ1n) is 7.46. The number of aromatic nitrogens is 4. The molecule has 0 amide bonds. The summed E-state index contributed by atoms with van der Waals surface area (Å²) in [5, 5.41) is 11.4. The standard InChI is InChI=1S/C17H19N5O/c1-22-17(19-20-21-22)16(18)11-13-7-9-15(10-8-13)23-12-14-5-3-2-4-6-14/h2-10,16H,11-12,18H2,1H3/t16-/m0/s1. The molecular formula is C17H19N5O. The molecule has 1 heterocycles. The number of rotatable bonds is 6. The number of nitrogens with two attached hydrogens (primary N) is 1. The summed E-state index contributed by atoms with van der Waals surface area (Å²) in [4.78, 5) is 0. The fourth-order valence-electron chi connectivity index (χ4n) is 2.36. The molecule has 2 N–H and O–H groups in total. The third-order valence-electron chi connectivity index (χ3n) is 3.61. The SMILES string of the molecule is Cn1nnnc1[C@@H](N)Cc1ccc(OCc2ccccc2)cc1. The topological polar surface area (TPSA) is 78.9 Å². The molecule has 1 aromatic heterocycles. The lowest BCUT2D eigenvalue weighted by atomic mass is 10.1. The van der Waals surface area contributed by atoms with Crippen LogP contribution in [-0.2, 0) is 20.1 Å². The minimum absolute atomic E-state index is 0.230. The summed E-state index contributed by atoms with van der Waals surface area (Å²) in [6.07, 6.45) is 0.674. The molecule has 23 heavy (non-hydrogen) atoms. The van der Waals surface area contributed by atoms with Gasteiger partial charge >= 0.3 is 0 Å². The van der Waals surface area contributed by atoms with E-state index < -0.39 is 0 Å². The van der Waals surface area contributed by atoms with Crippen molar-refractivity contribution in [1.82, 2.24) is 20.2 Å². The summed E-state index contributed by atoms with van der Waals surface area (Å²) in [6.45, 7) is 0.560. The van der Waals surface area contributed by atoms with E-state index in [-0.39, 0.29) is 6.04 Å². The Hall–Kier alpha value is -2.73. The van der Waals surface area contributed by atoms with E-state index in [0.717, 1.165) is 16.9 Å². The highest BCUT2D eigenvalue weighted by atomic mass is 16.5. The summed E-state index contributed by atoms with van der Waals surface area (Å²) >= 11 is 0. The molecule has 1 atom stereocenters. The maximum absolute atomic E-state index is 6.15. The summed E-state index contributed by atoms with van der Waals surface area (Å²) in [6, 6.07) is 17.8. The first-order valence-corrected chi connectivity index (χ1v) is 7.46. The van der Waals surface area contributed by atoms with Gasteiger partial charge in [0.15, 0.2) is 5.82 Å². The van der Waals surface area contributed by atoms with E-state index in [4.69, 9.17) is 10.5 Å². The van der Waals surface area contributed by atoms with Crippen LogP contribution in [0.5, 0.6) is 5.75 Å². The number of nitrogens with zero attached hydrogens (tertiary/aromatic N) is 4. The Morgan fingerprint density at radius 1 is 1.04 bits per heavy atom. The average molecular weight is 309 g/mol. The molecular weight excluding hydrogens is 290 g/mol. The van der Waals surface area contributed by atoms with E-state index in [2.05, 4.69) is 15.5 Å². The Labute approximate surface area is 134 Å². The predicted octanol–water partition coefficient (Wildman–Crippen LogP) is 2.03. The molecule has 0 unspecified atom stereocenters. The second-order valence-electron chi connectivity index (χ2n) is 5.39. The Bertz CT molecular complexity index is 739. The van der Waals surface area contributed by atoms with Gasteiger partial charge in [-0.25, -0.2) is 4.68 Å². The van der Waals surface area contributed by atoms with Crippen LogP contribution in [0.15, 0.2) is 54.6 Å². The summed E-state index contributed by atoms with van der Waals surface area (Å²) < 4.78 is 7.37. The number of hydrogen-bond acceptors (Lipinski definition) is 5. The van der Waals surface area contributed by atoms with Gasteiger partial charge in [-0.15, -0.1) is 5.10 Å². The first-order chi connectivity index (χ1) is 11.2. The fourth-order valence-corrected chi connectivity index (χ4v) is 2.36. The van der Waals surface area contributed by atoms with Crippen molar-refractivity contribution in [3.63, 3.8) is 0 Å².